The minimum absolute atomic E-state index is 0.0522. The highest BCUT2D eigenvalue weighted by Crippen LogP contribution is 2.31. The highest BCUT2D eigenvalue weighted by atomic mass is 79.9. The molecule has 0 fully saturated rings. The van der Waals surface area contributed by atoms with Gasteiger partial charge in [-0.25, -0.2) is 0 Å². The van der Waals surface area contributed by atoms with Gasteiger partial charge in [0.25, 0.3) is 0 Å². The number of methoxy groups -OCH3 is 1. The summed E-state index contributed by atoms with van der Waals surface area (Å²) in [6, 6.07) is 3.80. The van der Waals surface area contributed by atoms with Gasteiger partial charge in [0.05, 0.1) is 30.9 Å². The molecule has 0 bridgehead atoms. The molecule has 0 saturated heterocycles. The lowest BCUT2D eigenvalue weighted by Crippen LogP contribution is -2.11. The van der Waals surface area contributed by atoms with Crippen LogP contribution in [0.1, 0.15) is 5.56 Å². The minimum atomic E-state index is 0.0522. The van der Waals surface area contributed by atoms with E-state index in [1.807, 2.05) is 12.1 Å². The molecule has 0 atom stereocenters. The summed E-state index contributed by atoms with van der Waals surface area (Å²) in [7, 11) is 1.60. The van der Waals surface area contributed by atoms with Gasteiger partial charge in [0.15, 0.2) is 0 Å². The molecule has 0 saturated carbocycles. The van der Waals surface area contributed by atoms with Crippen molar-refractivity contribution in [3.63, 3.8) is 0 Å². The van der Waals surface area contributed by atoms with E-state index in [4.69, 9.17) is 9.84 Å². The number of aliphatic hydroxyl groups is 1. The standard InChI is InChI=1S/C10H12Br2N2O2/c1-16-10-7(6-14-13-2-3-15)4-8(11)5-9(10)12/h4-6,13,15H,2-3H2,1H3/b14-6+. The van der Waals surface area contributed by atoms with E-state index in [-0.39, 0.29) is 6.61 Å². The highest BCUT2D eigenvalue weighted by molar-refractivity contribution is 9.11. The zero-order valence-corrected chi connectivity index (χ0v) is 11.9. The van der Waals surface area contributed by atoms with Crippen LogP contribution < -0.4 is 10.2 Å². The number of benzene rings is 1. The molecule has 0 aliphatic rings. The molecule has 88 valence electrons. The second-order valence-electron chi connectivity index (χ2n) is 2.90. The summed E-state index contributed by atoms with van der Waals surface area (Å²) in [6.45, 7) is 0.477. The molecule has 4 nitrogen and oxygen atoms in total. The predicted molar refractivity (Wildman–Crippen MR) is 71.1 cm³/mol. The largest absolute Gasteiger partial charge is 0.495 e. The van der Waals surface area contributed by atoms with E-state index < -0.39 is 0 Å². The second kappa shape index (κ2) is 6.88. The zero-order chi connectivity index (χ0) is 12.0. The van der Waals surface area contributed by atoms with Crippen LogP contribution in [0.15, 0.2) is 26.2 Å². The van der Waals surface area contributed by atoms with Gasteiger partial charge in [-0.05, 0) is 28.1 Å². The number of rotatable bonds is 5. The summed E-state index contributed by atoms with van der Waals surface area (Å²) in [6.07, 6.45) is 1.64. The molecule has 0 radical (unpaired) electrons. The lowest BCUT2D eigenvalue weighted by Gasteiger charge is -2.07. The number of hydrazone groups is 1. The summed E-state index contributed by atoms with van der Waals surface area (Å²) in [5, 5.41) is 12.5. The predicted octanol–water partition coefficient (Wildman–Crippen LogP) is 2.14. The number of aliphatic hydroxyl groups excluding tert-OH is 1. The van der Waals surface area contributed by atoms with E-state index in [1.54, 1.807) is 13.3 Å². The van der Waals surface area contributed by atoms with E-state index in [9.17, 15) is 0 Å². The van der Waals surface area contributed by atoms with Gasteiger partial charge in [-0.2, -0.15) is 5.10 Å². The molecule has 0 aliphatic heterocycles. The van der Waals surface area contributed by atoms with Crippen molar-refractivity contribution in [2.24, 2.45) is 5.10 Å². The molecule has 0 aromatic heterocycles. The van der Waals surface area contributed by atoms with Gasteiger partial charge in [0.1, 0.15) is 5.75 Å². The third-order valence-corrected chi connectivity index (χ3v) is 2.81. The van der Waals surface area contributed by atoms with Crippen molar-refractivity contribution in [2.75, 3.05) is 20.3 Å². The maximum Gasteiger partial charge on any atom is 0.141 e. The van der Waals surface area contributed by atoms with Gasteiger partial charge >= 0.3 is 0 Å². The number of nitrogens with zero attached hydrogens (tertiary/aromatic N) is 1. The topological polar surface area (TPSA) is 53.8 Å². The number of hydrogen-bond acceptors (Lipinski definition) is 4. The van der Waals surface area contributed by atoms with Crippen molar-refractivity contribution < 1.29 is 9.84 Å². The fourth-order valence-electron chi connectivity index (χ4n) is 1.12. The Balaban J connectivity index is 2.89. The van der Waals surface area contributed by atoms with Crippen molar-refractivity contribution in [1.29, 1.82) is 0 Å². The second-order valence-corrected chi connectivity index (χ2v) is 4.67. The average Bonchev–Trinajstić information content (AvgIpc) is 2.24. The molecule has 1 aromatic rings. The van der Waals surface area contributed by atoms with Crippen molar-refractivity contribution in [2.45, 2.75) is 0 Å². The van der Waals surface area contributed by atoms with Gasteiger partial charge < -0.3 is 15.3 Å². The smallest absolute Gasteiger partial charge is 0.141 e. The monoisotopic (exact) mass is 350 g/mol. The van der Waals surface area contributed by atoms with Crippen LogP contribution in [0, 0.1) is 0 Å². The van der Waals surface area contributed by atoms with Gasteiger partial charge in [-0.15, -0.1) is 0 Å². The van der Waals surface area contributed by atoms with Gasteiger partial charge in [-0.1, -0.05) is 15.9 Å². The van der Waals surface area contributed by atoms with E-state index in [1.165, 1.54) is 0 Å². The Labute approximate surface area is 111 Å². The number of hydrogen-bond donors (Lipinski definition) is 2. The van der Waals surface area contributed by atoms with Crippen LogP contribution >= 0.6 is 31.9 Å². The number of nitrogens with one attached hydrogen (secondary N) is 1. The summed E-state index contributed by atoms with van der Waals surface area (Å²) < 4.78 is 7.04. The molecule has 16 heavy (non-hydrogen) atoms. The maximum absolute atomic E-state index is 8.58. The van der Waals surface area contributed by atoms with Gasteiger partial charge in [0.2, 0.25) is 0 Å². The summed E-state index contributed by atoms with van der Waals surface area (Å²) in [5.41, 5.74) is 3.55. The highest BCUT2D eigenvalue weighted by Gasteiger charge is 2.07. The van der Waals surface area contributed by atoms with Crippen molar-refractivity contribution in [1.82, 2.24) is 5.43 Å². The Hall–Kier alpha value is -0.590. The Bertz CT molecular complexity index is 383. The first kappa shape index (κ1) is 13.5. The summed E-state index contributed by atoms with van der Waals surface area (Å²) in [5.74, 6) is 0.720. The molecule has 1 aromatic carbocycles. The SMILES string of the molecule is COc1c(Br)cc(Br)cc1/C=N/NCCO. The minimum Gasteiger partial charge on any atom is -0.495 e. The van der Waals surface area contributed by atoms with E-state index in [0.717, 1.165) is 20.3 Å². The fourth-order valence-corrected chi connectivity index (χ4v) is 2.54. The Morgan fingerprint density at radius 3 is 2.88 bits per heavy atom. The van der Waals surface area contributed by atoms with Gasteiger partial charge in [-0.3, -0.25) is 0 Å². The molecular formula is C10H12Br2N2O2. The zero-order valence-electron chi connectivity index (χ0n) is 8.70. The summed E-state index contributed by atoms with van der Waals surface area (Å²) in [4.78, 5) is 0. The first-order valence-corrected chi connectivity index (χ1v) is 6.17. The van der Waals surface area contributed by atoms with E-state index >= 15 is 0 Å². The Morgan fingerprint density at radius 2 is 2.25 bits per heavy atom. The van der Waals surface area contributed by atoms with E-state index in [2.05, 4.69) is 42.4 Å². The van der Waals surface area contributed by atoms with Crippen LogP contribution in [0.4, 0.5) is 0 Å². The molecule has 0 spiro atoms. The van der Waals surface area contributed by atoms with Crippen LogP contribution in [0.25, 0.3) is 0 Å². The van der Waals surface area contributed by atoms with Crippen LogP contribution in [0.3, 0.4) is 0 Å². The molecule has 0 aliphatic carbocycles. The lowest BCUT2D eigenvalue weighted by molar-refractivity contribution is 0.294. The molecule has 0 amide bonds. The molecule has 0 heterocycles. The Kier molecular flexibility index (Phi) is 5.79. The molecule has 2 N–H and O–H groups in total. The molecule has 6 heteroatoms. The van der Waals surface area contributed by atoms with E-state index in [0.29, 0.717) is 6.54 Å². The van der Waals surface area contributed by atoms with Gasteiger partial charge in [0, 0.05) is 10.0 Å². The molecular weight excluding hydrogens is 340 g/mol. The first-order valence-electron chi connectivity index (χ1n) is 4.59. The lowest BCUT2D eigenvalue weighted by atomic mass is 10.2. The van der Waals surface area contributed by atoms with Crippen LogP contribution in [-0.2, 0) is 0 Å². The average molecular weight is 352 g/mol. The molecule has 0 unspecified atom stereocenters. The third kappa shape index (κ3) is 3.77. The van der Waals surface area contributed by atoms with Crippen molar-refractivity contribution >= 4 is 38.1 Å². The fraction of sp³-hybridized carbons (Fsp3) is 0.300. The number of halogens is 2. The van der Waals surface area contributed by atoms with Crippen LogP contribution in [-0.4, -0.2) is 31.6 Å². The van der Waals surface area contributed by atoms with Crippen LogP contribution in [0.5, 0.6) is 5.75 Å². The quantitative estimate of drug-likeness (QED) is 0.485. The Morgan fingerprint density at radius 1 is 1.50 bits per heavy atom. The van der Waals surface area contributed by atoms with Crippen LogP contribution in [0.2, 0.25) is 0 Å². The summed E-state index contributed by atoms with van der Waals surface area (Å²) >= 11 is 6.80. The number of ether oxygens (including phenoxy) is 1. The first-order chi connectivity index (χ1) is 7.69. The normalized spacial score (nSPS) is 10.8. The van der Waals surface area contributed by atoms with Crippen molar-refractivity contribution in [3.8, 4) is 5.75 Å². The maximum atomic E-state index is 8.58. The third-order valence-electron chi connectivity index (χ3n) is 1.76. The van der Waals surface area contributed by atoms with Crippen molar-refractivity contribution in [3.05, 3.63) is 26.6 Å². The molecule has 1 rings (SSSR count).